The van der Waals surface area contributed by atoms with E-state index < -0.39 is 5.41 Å². The lowest BCUT2D eigenvalue weighted by Gasteiger charge is -2.26. The van der Waals surface area contributed by atoms with Gasteiger partial charge in [-0.1, -0.05) is 31.6 Å². The highest BCUT2D eigenvalue weighted by molar-refractivity contribution is 7.80. The highest BCUT2D eigenvalue weighted by Gasteiger charge is 2.32. The number of hydrogen-bond acceptors (Lipinski definition) is 3. The van der Waals surface area contributed by atoms with Crippen LogP contribution >= 0.6 is 23.6 Å². The van der Waals surface area contributed by atoms with Crippen LogP contribution < -0.4 is 11.1 Å². The van der Waals surface area contributed by atoms with Gasteiger partial charge in [-0.05, 0) is 31.7 Å². The fraction of sp³-hybridized carbons (Fsp3) is 0.538. The van der Waals surface area contributed by atoms with Gasteiger partial charge in [0.2, 0.25) is 5.91 Å². The molecule has 3 nitrogen and oxygen atoms in total. The van der Waals surface area contributed by atoms with Gasteiger partial charge in [-0.15, -0.1) is 11.3 Å². The van der Waals surface area contributed by atoms with E-state index in [4.69, 9.17) is 18.0 Å². The van der Waals surface area contributed by atoms with Crippen LogP contribution in [0, 0.1) is 5.41 Å². The SMILES string of the molecule is CCCC(NC(=O)C(C)(C)C(N)=S)c1cccs1. The first-order valence-corrected chi connectivity index (χ1v) is 7.32. The van der Waals surface area contributed by atoms with E-state index in [9.17, 15) is 4.79 Å². The summed E-state index contributed by atoms with van der Waals surface area (Å²) in [5, 5.41) is 5.06. The predicted molar refractivity (Wildman–Crippen MR) is 80.7 cm³/mol. The molecule has 0 aromatic carbocycles. The maximum absolute atomic E-state index is 12.2. The average molecular weight is 284 g/mol. The second-order valence-corrected chi connectivity index (χ2v) is 6.24. The van der Waals surface area contributed by atoms with Crippen molar-refractivity contribution in [2.45, 2.75) is 39.7 Å². The lowest BCUT2D eigenvalue weighted by atomic mass is 9.91. The third kappa shape index (κ3) is 3.53. The minimum Gasteiger partial charge on any atom is -0.392 e. The summed E-state index contributed by atoms with van der Waals surface area (Å²) in [7, 11) is 0. The van der Waals surface area contributed by atoms with Crippen molar-refractivity contribution in [2.75, 3.05) is 0 Å². The van der Waals surface area contributed by atoms with Gasteiger partial charge in [0.05, 0.1) is 16.4 Å². The Labute approximate surface area is 118 Å². The third-order valence-corrected chi connectivity index (χ3v) is 4.45. The number of nitrogens with one attached hydrogen (secondary N) is 1. The first-order chi connectivity index (χ1) is 8.39. The summed E-state index contributed by atoms with van der Waals surface area (Å²) >= 11 is 6.60. The van der Waals surface area contributed by atoms with Gasteiger partial charge in [0, 0.05) is 4.88 Å². The summed E-state index contributed by atoms with van der Waals surface area (Å²) in [4.78, 5) is 13.6. The van der Waals surface area contributed by atoms with Gasteiger partial charge in [0.25, 0.3) is 0 Å². The minimum atomic E-state index is -0.807. The fourth-order valence-electron chi connectivity index (χ4n) is 1.51. The van der Waals surface area contributed by atoms with Gasteiger partial charge < -0.3 is 11.1 Å². The number of carbonyl (C=O) groups is 1. The molecule has 1 aromatic rings. The van der Waals surface area contributed by atoms with Crippen molar-refractivity contribution in [3.8, 4) is 0 Å². The number of carbonyl (C=O) groups excluding carboxylic acids is 1. The lowest BCUT2D eigenvalue weighted by molar-refractivity contribution is -0.127. The molecule has 0 aliphatic rings. The van der Waals surface area contributed by atoms with Gasteiger partial charge in [-0.2, -0.15) is 0 Å². The quantitative estimate of drug-likeness (QED) is 0.790. The molecule has 100 valence electrons. The van der Waals surface area contributed by atoms with Crippen molar-refractivity contribution >= 4 is 34.5 Å². The summed E-state index contributed by atoms with van der Waals surface area (Å²) in [5.41, 5.74) is 4.81. The first kappa shape index (κ1) is 15.1. The van der Waals surface area contributed by atoms with E-state index in [1.54, 1.807) is 25.2 Å². The number of hydrogen-bond donors (Lipinski definition) is 2. The summed E-state index contributed by atoms with van der Waals surface area (Å²) in [6.07, 6.45) is 1.93. The summed E-state index contributed by atoms with van der Waals surface area (Å²) < 4.78 is 0. The molecule has 1 amide bonds. The van der Waals surface area contributed by atoms with E-state index in [2.05, 4.69) is 12.2 Å². The van der Waals surface area contributed by atoms with Crippen LogP contribution in [0.2, 0.25) is 0 Å². The molecule has 0 aliphatic heterocycles. The highest BCUT2D eigenvalue weighted by atomic mass is 32.1. The number of rotatable bonds is 6. The molecule has 0 saturated heterocycles. The van der Waals surface area contributed by atoms with Crippen molar-refractivity contribution in [3.63, 3.8) is 0 Å². The Morgan fingerprint density at radius 1 is 1.61 bits per heavy atom. The molecular weight excluding hydrogens is 264 g/mol. The zero-order valence-electron chi connectivity index (χ0n) is 11.0. The van der Waals surface area contributed by atoms with Crippen LogP contribution in [-0.4, -0.2) is 10.9 Å². The zero-order valence-corrected chi connectivity index (χ0v) is 12.7. The van der Waals surface area contributed by atoms with E-state index >= 15 is 0 Å². The van der Waals surface area contributed by atoms with Crippen LogP contribution in [0.15, 0.2) is 17.5 Å². The largest absolute Gasteiger partial charge is 0.392 e. The number of amides is 1. The van der Waals surface area contributed by atoms with Crippen molar-refractivity contribution < 1.29 is 4.79 Å². The van der Waals surface area contributed by atoms with E-state index in [1.165, 1.54) is 4.88 Å². The molecule has 1 atom stereocenters. The van der Waals surface area contributed by atoms with Gasteiger partial charge in [-0.3, -0.25) is 4.79 Å². The monoisotopic (exact) mass is 284 g/mol. The van der Waals surface area contributed by atoms with Crippen molar-refractivity contribution in [2.24, 2.45) is 11.1 Å². The Kier molecular flexibility index (Phi) is 5.28. The maximum atomic E-state index is 12.2. The number of nitrogens with two attached hydrogens (primary N) is 1. The van der Waals surface area contributed by atoms with Crippen LogP contribution in [0.5, 0.6) is 0 Å². The van der Waals surface area contributed by atoms with Crippen LogP contribution in [0.3, 0.4) is 0 Å². The van der Waals surface area contributed by atoms with E-state index in [1.807, 2.05) is 17.5 Å². The molecule has 18 heavy (non-hydrogen) atoms. The van der Waals surface area contributed by atoms with Crippen molar-refractivity contribution in [1.29, 1.82) is 0 Å². The third-order valence-electron chi connectivity index (χ3n) is 2.95. The predicted octanol–water partition coefficient (Wildman–Crippen LogP) is 3.02. The fourth-order valence-corrected chi connectivity index (χ4v) is 2.42. The molecule has 5 heteroatoms. The summed E-state index contributed by atoms with van der Waals surface area (Å²) in [6.45, 7) is 5.61. The van der Waals surface area contributed by atoms with Crippen LogP contribution in [-0.2, 0) is 4.79 Å². The van der Waals surface area contributed by atoms with Crippen LogP contribution in [0.1, 0.15) is 44.5 Å². The Morgan fingerprint density at radius 2 is 2.28 bits per heavy atom. The van der Waals surface area contributed by atoms with E-state index in [0.29, 0.717) is 0 Å². The molecule has 0 fully saturated rings. The second kappa shape index (κ2) is 6.29. The molecule has 0 radical (unpaired) electrons. The molecule has 0 saturated carbocycles. The normalized spacial score (nSPS) is 13.1. The van der Waals surface area contributed by atoms with Gasteiger partial charge in [0.1, 0.15) is 0 Å². The Morgan fingerprint density at radius 3 is 2.72 bits per heavy atom. The van der Waals surface area contributed by atoms with Crippen molar-refractivity contribution in [3.05, 3.63) is 22.4 Å². The lowest BCUT2D eigenvalue weighted by Crippen LogP contribution is -2.45. The van der Waals surface area contributed by atoms with Gasteiger partial charge in [0.15, 0.2) is 0 Å². The molecule has 1 heterocycles. The molecule has 1 aromatic heterocycles. The van der Waals surface area contributed by atoms with Crippen molar-refractivity contribution in [1.82, 2.24) is 5.32 Å². The smallest absolute Gasteiger partial charge is 0.232 e. The highest BCUT2D eigenvalue weighted by Crippen LogP contribution is 2.25. The van der Waals surface area contributed by atoms with Gasteiger partial charge in [-0.25, -0.2) is 0 Å². The van der Waals surface area contributed by atoms with Crippen LogP contribution in [0.4, 0.5) is 0 Å². The molecule has 0 aliphatic carbocycles. The average Bonchev–Trinajstić information content (AvgIpc) is 2.81. The number of thiocarbonyl (C=S) groups is 1. The Bertz CT molecular complexity index is 413. The maximum Gasteiger partial charge on any atom is 0.232 e. The molecule has 0 spiro atoms. The minimum absolute atomic E-state index is 0.0520. The topological polar surface area (TPSA) is 55.1 Å². The molecule has 0 bridgehead atoms. The summed E-state index contributed by atoms with van der Waals surface area (Å²) in [6, 6.07) is 4.09. The molecular formula is C13H20N2OS2. The van der Waals surface area contributed by atoms with Crippen LogP contribution in [0.25, 0.3) is 0 Å². The standard InChI is InChI=1S/C13H20N2OS2/c1-4-6-9(10-7-5-8-18-10)15-12(16)13(2,3)11(14)17/h5,7-9H,4,6H2,1-3H3,(H2,14,17)(H,15,16). The van der Waals surface area contributed by atoms with Gasteiger partial charge >= 0.3 is 0 Å². The molecule has 1 rings (SSSR count). The second-order valence-electron chi connectivity index (χ2n) is 4.82. The Balaban J connectivity index is 2.79. The molecule has 1 unspecified atom stereocenters. The first-order valence-electron chi connectivity index (χ1n) is 6.03. The zero-order chi connectivity index (χ0) is 13.8. The Hall–Kier alpha value is -0.940. The van der Waals surface area contributed by atoms with E-state index in [-0.39, 0.29) is 16.9 Å². The van der Waals surface area contributed by atoms with E-state index in [0.717, 1.165) is 12.8 Å². The molecule has 3 N–H and O–H groups in total. The summed E-state index contributed by atoms with van der Waals surface area (Å²) in [5.74, 6) is -0.109. The number of thiophene rings is 1.